The Hall–Kier alpha value is -3.21. The van der Waals surface area contributed by atoms with Gasteiger partial charge in [0.2, 0.25) is 5.91 Å². The zero-order chi connectivity index (χ0) is 19.4. The van der Waals surface area contributed by atoms with E-state index in [0.29, 0.717) is 6.54 Å². The minimum atomic E-state index is -0.0666. The zero-order valence-corrected chi connectivity index (χ0v) is 16.2. The Morgan fingerprint density at radius 2 is 1.85 bits per heavy atom. The maximum atomic E-state index is 12.5. The number of hydrogen-bond acceptors (Lipinski definition) is 3. The summed E-state index contributed by atoms with van der Waals surface area (Å²) >= 11 is 0. The Labute approximate surface area is 160 Å². The van der Waals surface area contributed by atoms with Gasteiger partial charge in [-0.05, 0) is 50.6 Å². The van der Waals surface area contributed by atoms with E-state index in [1.165, 1.54) is 0 Å². The fraction of sp³-hybridized carbons (Fsp3) is 0.227. The molecule has 0 aliphatic rings. The lowest BCUT2D eigenvalue weighted by Crippen LogP contribution is -2.24. The Balaban J connectivity index is 1.78. The topological polar surface area (TPSA) is 51.0 Å². The third-order valence-corrected chi connectivity index (χ3v) is 4.64. The molecular weight excluding hydrogens is 336 g/mol. The highest BCUT2D eigenvalue weighted by Gasteiger charge is 2.17. The molecule has 0 fully saturated rings. The maximum absolute atomic E-state index is 12.5. The molecule has 2 aromatic heterocycles. The molecule has 0 saturated carbocycles. The monoisotopic (exact) mass is 360 g/mol. The van der Waals surface area contributed by atoms with Crippen molar-refractivity contribution in [3.05, 3.63) is 82.9 Å². The number of rotatable bonds is 5. The van der Waals surface area contributed by atoms with Crippen molar-refractivity contribution < 1.29 is 4.79 Å². The lowest BCUT2D eigenvalue weighted by atomic mass is 10.1. The molecule has 1 aromatic carbocycles. The third-order valence-electron chi connectivity index (χ3n) is 4.64. The molecule has 0 spiro atoms. The molecule has 0 aliphatic heterocycles. The predicted molar refractivity (Wildman–Crippen MR) is 108 cm³/mol. The average molecular weight is 360 g/mol. The Morgan fingerprint density at radius 1 is 1.11 bits per heavy atom. The van der Waals surface area contributed by atoms with E-state index in [1.54, 1.807) is 30.3 Å². The molecule has 0 unspecified atom stereocenters. The second-order valence-corrected chi connectivity index (χ2v) is 6.63. The molecule has 3 rings (SSSR count). The van der Waals surface area contributed by atoms with Crippen LogP contribution in [0.25, 0.3) is 11.8 Å². The van der Waals surface area contributed by atoms with E-state index >= 15 is 0 Å². The number of carbonyl (C=O) groups is 1. The van der Waals surface area contributed by atoms with Gasteiger partial charge in [-0.3, -0.25) is 9.78 Å². The molecule has 138 valence electrons. The second kappa shape index (κ2) is 7.99. The zero-order valence-electron chi connectivity index (χ0n) is 16.2. The largest absolute Gasteiger partial charge is 0.338 e. The van der Waals surface area contributed by atoms with Crippen LogP contribution in [-0.4, -0.2) is 32.6 Å². The van der Waals surface area contributed by atoms with Crippen LogP contribution in [-0.2, 0) is 11.3 Å². The smallest absolute Gasteiger partial charge is 0.246 e. The number of benzene rings is 1. The number of likely N-dealkylation sites (N-methyl/N-ethyl adjacent to an activating group) is 1. The van der Waals surface area contributed by atoms with Gasteiger partial charge in [0.15, 0.2) is 0 Å². The summed E-state index contributed by atoms with van der Waals surface area (Å²) in [5.74, 6) is -0.0666. The van der Waals surface area contributed by atoms with Crippen molar-refractivity contribution in [2.75, 3.05) is 7.05 Å². The van der Waals surface area contributed by atoms with E-state index in [0.717, 1.165) is 33.9 Å². The summed E-state index contributed by atoms with van der Waals surface area (Å²) in [4.78, 5) is 18.3. The van der Waals surface area contributed by atoms with Crippen LogP contribution in [0.5, 0.6) is 0 Å². The van der Waals surface area contributed by atoms with Crippen LogP contribution < -0.4 is 0 Å². The maximum Gasteiger partial charge on any atom is 0.246 e. The van der Waals surface area contributed by atoms with Crippen LogP contribution in [0, 0.1) is 20.8 Å². The van der Waals surface area contributed by atoms with Crippen molar-refractivity contribution in [2.45, 2.75) is 27.3 Å². The van der Waals surface area contributed by atoms with Gasteiger partial charge in [0, 0.05) is 37.1 Å². The Bertz CT molecular complexity index is 973. The summed E-state index contributed by atoms with van der Waals surface area (Å²) in [5.41, 5.74) is 6.05. The second-order valence-electron chi connectivity index (χ2n) is 6.63. The SMILES string of the molecule is Cc1ccccc1-n1nc(C)c(CN(C)C(=O)/C=C/c2ccccn2)c1C. The van der Waals surface area contributed by atoms with Crippen LogP contribution in [0.1, 0.15) is 28.2 Å². The molecular formula is C22H24N4O. The summed E-state index contributed by atoms with van der Waals surface area (Å²) < 4.78 is 1.96. The standard InChI is InChI=1S/C22H24N4O/c1-16-9-5-6-11-21(16)26-18(3)20(17(2)24-26)15-25(4)22(27)13-12-19-10-7-8-14-23-19/h5-14H,15H2,1-4H3/b13-12+. The fourth-order valence-corrected chi connectivity index (χ4v) is 3.01. The van der Waals surface area contributed by atoms with Gasteiger partial charge in [-0.1, -0.05) is 24.3 Å². The summed E-state index contributed by atoms with van der Waals surface area (Å²) in [7, 11) is 1.80. The fourth-order valence-electron chi connectivity index (χ4n) is 3.01. The summed E-state index contributed by atoms with van der Waals surface area (Å²) in [6, 6.07) is 13.8. The highest BCUT2D eigenvalue weighted by Crippen LogP contribution is 2.21. The number of aromatic nitrogens is 3. The molecule has 0 radical (unpaired) electrons. The van der Waals surface area contributed by atoms with Crippen molar-refractivity contribution in [3.8, 4) is 5.69 Å². The molecule has 5 nitrogen and oxygen atoms in total. The van der Waals surface area contributed by atoms with Crippen LogP contribution in [0.3, 0.4) is 0 Å². The number of hydrogen-bond donors (Lipinski definition) is 0. The summed E-state index contributed by atoms with van der Waals surface area (Å²) in [6.45, 7) is 6.61. The Kier molecular flexibility index (Phi) is 5.50. The summed E-state index contributed by atoms with van der Waals surface area (Å²) in [5, 5.41) is 4.70. The van der Waals surface area contributed by atoms with Gasteiger partial charge in [0.05, 0.1) is 17.1 Å². The lowest BCUT2D eigenvalue weighted by molar-refractivity contribution is -0.125. The van der Waals surface area contributed by atoms with Crippen LogP contribution >= 0.6 is 0 Å². The van der Waals surface area contributed by atoms with Crippen molar-refractivity contribution >= 4 is 12.0 Å². The number of nitrogens with zero attached hydrogens (tertiary/aromatic N) is 4. The molecule has 5 heteroatoms. The lowest BCUT2D eigenvalue weighted by Gasteiger charge is -2.16. The molecule has 0 saturated heterocycles. The minimum absolute atomic E-state index is 0.0666. The summed E-state index contributed by atoms with van der Waals surface area (Å²) in [6.07, 6.45) is 4.99. The first-order valence-electron chi connectivity index (χ1n) is 8.92. The van der Waals surface area contributed by atoms with Crippen LogP contribution in [0.2, 0.25) is 0 Å². The molecule has 2 heterocycles. The van der Waals surface area contributed by atoms with Crippen LogP contribution in [0.15, 0.2) is 54.7 Å². The highest BCUT2D eigenvalue weighted by atomic mass is 16.2. The van der Waals surface area contributed by atoms with Crippen molar-refractivity contribution in [1.82, 2.24) is 19.7 Å². The Morgan fingerprint density at radius 3 is 2.56 bits per heavy atom. The number of aryl methyl sites for hydroxylation is 2. The molecule has 3 aromatic rings. The van der Waals surface area contributed by atoms with E-state index in [9.17, 15) is 4.79 Å². The van der Waals surface area contributed by atoms with E-state index in [2.05, 4.69) is 24.0 Å². The number of para-hydroxylation sites is 1. The predicted octanol–water partition coefficient (Wildman–Crippen LogP) is 3.86. The van der Waals surface area contributed by atoms with Crippen molar-refractivity contribution in [3.63, 3.8) is 0 Å². The first kappa shape index (κ1) is 18.6. The van der Waals surface area contributed by atoms with Crippen LogP contribution in [0.4, 0.5) is 0 Å². The van der Waals surface area contributed by atoms with E-state index in [4.69, 9.17) is 5.10 Å². The van der Waals surface area contributed by atoms with E-state index in [-0.39, 0.29) is 5.91 Å². The molecule has 0 aliphatic carbocycles. The normalized spacial score (nSPS) is 11.1. The average Bonchev–Trinajstić information content (AvgIpc) is 2.95. The van der Waals surface area contributed by atoms with Gasteiger partial charge in [-0.2, -0.15) is 5.10 Å². The van der Waals surface area contributed by atoms with E-state index < -0.39 is 0 Å². The molecule has 0 atom stereocenters. The molecule has 0 bridgehead atoms. The first-order chi connectivity index (χ1) is 13.0. The number of pyridine rings is 1. The van der Waals surface area contributed by atoms with Crippen molar-refractivity contribution in [1.29, 1.82) is 0 Å². The van der Waals surface area contributed by atoms with Crippen molar-refractivity contribution in [2.24, 2.45) is 0 Å². The number of amides is 1. The molecule has 0 N–H and O–H groups in total. The van der Waals surface area contributed by atoms with E-state index in [1.807, 2.05) is 48.9 Å². The third kappa shape index (κ3) is 4.14. The quantitative estimate of drug-likeness (QED) is 0.649. The van der Waals surface area contributed by atoms with Gasteiger partial charge in [-0.15, -0.1) is 0 Å². The van der Waals surface area contributed by atoms with Gasteiger partial charge >= 0.3 is 0 Å². The highest BCUT2D eigenvalue weighted by molar-refractivity contribution is 5.91. The molecule has 1 amide bonds. The number of carbonyl (C=O) groups excluding carboxylic acids is 1. The minimum Gasteiger partial charge on any atom is -0.338 e. The first-order valence-corrected chi connectivity index (χ1v) is 8.92. The van der Waals surface area contributed by atoms with Gasteiger partial charge in [-0.25, -0.2) is 4.68 Å². The van der Waals surface area contributed by atoms with Gasteiger partial charge in [0.1, 0.15) is 0 Å². The molecule has 27 heavy (non-hydrogen) atoms. The van der Waals surface area contributed by atoms with Gasteiger partial charge in [0.25, 0.3) is 0 Å². The van der Waals surface area contributed by atoms with Gasteiger partial charge < -0.3 is 4.90 Å².